The van der Waals surface area contributed by atoms with Crippen molar-refractivity contribution >= 4 is 0 Å². The van der Waals surface area contributed by atoms with Gasteiger partial charge in [-0.15, -0.1) is 0 Å². The Bertz CT molecular complexity index is 1110. The fraction of sp³-hybridized carbons (Fsp3) is 0.120. The quantitative estimate of drug-likeness (QED) is 0.422. The molecule has 2 heteroatoms. The summed E-state index contributed by atoms with van der Waals surface area (Å²) in [5.74, 6) is 0.951. The zero-order chi connectivity index (χ0) is 18.4. The summed E-state index contributed by atoms with van der Waals surface area (Å²) >= 11 is 0. The average molecular weight is 351 g/mol. The van der Waals surface area contributed by atoms with Gasteiger partial charge < -0.3 is 9.30 Å². The first-order valence-corrected chi connectivity index (χ1v) is 9.31. The summed E-state index contributed by atoms with van der Waals surface area (Å²) in [4.78, 5) is 0. The van der Waals surface area contributed by atoms with Crippen molar-refractivity contribution in [3.63, 3.8) is 0 Å². The van der Waals surface area contributed by atoms with Crippen LogP contribution in [-0.4, -0.2) is 4.57 Å². The van der Waals surface area contributed by atoms with Gasteiger partial charge in [0.05, 0.1) is 11.4 Å². The summed E-state index contributed by atoms with van der Waals surface area (Å²) in [7, 11) is 2.15. The van der Waals surface area contributed by atoms with Crippen molar-refractivity contribution in [2.24, 2.45) is 7.05 Å². The molecule has 0 saturated heterocycles. The van der Waals surface area contributed by atoms with Crippen LogP contribution in [0.2, 0.25) is 0 Å². The number of benzene rings is 3. The molecule has 0 aliphatic carbocycles. The largest absolute Gasteiger partial charge is 0.479 e. The maximum absolute atomic E-state index is 6.51. The van der Waals surface area contributed by atoms with E-state index in [2.05, 4.69) is 91.3 Å². The van der Waals surface area contributed by atoms with Gasteiger partial charge in [0.2, 0.25) is 0 Å². The van der Waals surface area contributed by atoms with Gasteiger partial charge in [-0.25, -0.2) is 0 Å². The second-order valence-corrected chi connectivity index (χ2v) is 7.06. The van der Waals surface area contributed by atoms with E-state index in [0.717, 1.165) is 5.75 Å². The number of nitrogens with zero attached hydrogens (tertiary/aromatic N) is 1. The van der Waals surface area contributed by atoms with Crippen LogP contribution in [0.25, 0.3) is 22.4 Å². The van der Waals surface area contributed by atoms with E-state index in [1.54, 1.807) is 0 Å². The van der Waals surface area contributed by atoms with Gasteiger partial charge in [0.25, 0.3) is 0 Å². The van der Waals surface area contributed by atoms with Gasteiger partial charge in [-0.05, 0) is 29.7 Å². The summed E-state index contributed by atoms with van der Waals surface area (Å²) in [6.45, 7) is 2.23. The normalized spacial score (nSPS) is 15.0. The van der Waals surface area contributed by atoms with Crippen LogP contribution in [0.1, 0.15) is 22.9 Å². The predicted octanol–water partition coefficient (Wildman–Crippen LogP) is 6.15. The van der Waals surface area contributed by atoms with E-state index in [9.17, 15) is 0 Å². The van der Waals surface area contributed by atoms with Crippen LogP contribution in [0.15, 0.2) is 84.9 Å². The minimum absolute atomic E-state index is 0.114. The van der Waals surface area contributed by atoms with Crippen LogP contribution < -0.4 is 4.74 Å². The summed E-state index contributed by atoms with van der Waals surface area (Å²) in [5.41, 5.74) is 8.65. The van der Waals surface area contributed by atoms with Crippen LogP contribution in [0.4, 0.5) is 0 Å². The molecule has 0 bridgehead atoms. The highest BCUT2D eigenvalue weighted by molar-refractivity contribution is 5.85. The molecule has 3 aromatic carbocycles. The molecule has 5 rings (SSSR count). The molecule has 0 saturated carbocycles. The van der Waals surface area contributed by atoms with Crippen molar-refractivity contribution in [2.45, 2.75) is 13.0 Å². The summed E-state index contributed by atoms with van der Waals surface area (Å²) in [5, 5.41) is 0. The molecule has 1 atom stereocenters. The Morgan fingerprint density at radius 1 is 0.778 bits per heavy atom. The Balaban J connectivity index is 1.82. The lowest BCUT2D eigenvalue weighted by molar-refractivity contribution is 0.235. The summed E-state index contributed by atoms with van der Waals surface area (Å²) < 4.78 is 8.82. The van der Waals surface area contributed by atoms with Crippen molar-refractivity contribution in [1.82, 2.24) is 4.57 Å². The summed E-state index contributed by atoms with van der Waals surface area (Å²) in [6, 6.07) is 29.5. The van der Waals surface area contributed by atoms with Gasteiger partial charge in [0.1, 0.15) is 5.75 Å². The Hall–Kier alpha value is -3.26. The Morgan fingerprint density at radius 3 is 2.15 bits per heavy atom. The molecular weight excluding hydrogens is 330 g/mol. The number of para-hydroxylation sites is 1. The number of aromatic nitrogens is 1. The fourth-order valence-electron chi connectivity index (χ4n) is 4.32. The van der Waals surface area contributed by atoms with Gasteiger partial charge >= 0.3 is 0 Å². The van der Waals surface area contributed by atoms with Gasteiger partial charge in [-0.3, -0.25) is 0 Å². The monoisotopic (exact) mass is 351 g/mol. The molecule has 4 aromatic rings. The molecule has 2 heterocycles. The first-order valence-electron chi connectivity index (χ1n) is 9.31. The lowest BCUT2D eigenvalue weighted by Gasteiger charge is -2.28. The van der Waals surface area contributed by atoms with E-state index in [0.29, 0.717) is 0 Å². The van der Waals surface area contributed by atoms with Crippen molar-refractivity contribution in [3.05, 3.63) is 102 Å². The van der Waals surface area contributed by atoms with E-state index >= 15 is 0 Å². The topological polar surface area (TPSA) is 14.2 Å². The number of hydrogen-bond donors (Lipinski definition) is 0. The standard InChI is InChI=1S/C25H21NO/c1-17-22-20-15-9-10-16-21(20)27-25(19-13-7-4-8-14-19)24(22)26(2)23(17)18-11-5-3-6-12-18/h3-16,25H,1-2H3. The highest BCUT2D eigenvalue weighted by atomic mass is 16.5. The second kappa shape index (κ2) is 6.17. The first-order chi connectivity index (χ1) is 13.3. The minimum Gasteiger partial charge on any atom is -0.479 e. The number of hydrogen-bond acceptors (Lipinski definition) is 1. The maximum atomic E-state index is 6.51. The molecule has 1 unspecified atom stereocenters. The molecule has 0 N–H and O–H groups in total. The number of fused-ring (bicyclic) bond motifs is 3. The molecule has 2 nitrogen and oxygen atoms in total. The molecule has 1 aliphatic heterocycles. The smallest absolute Gasteiger partial charge is 0.164 e. The van der Waals surface area contributed by atoms with Gasteiger partial charge in [0.15, 0.2) is 6.10 Å². The van der Waals surface area contributed by atoms with Crippen LogP contribution in [0.3, 0.4) is 0 Å². The summed E-state index contributed by atoms with van der Waals surface area (Å²) in [6.07, 6.45) is -0.114. The van der Waals surface area contributed by atoms with E-state index in [-0.39, 0.29) is 6.10 Å². The lowest BCUT2D eigenvalue weighted by Crippen LogP contribution is -2.18. The van der Waals surface area contributed by atoms with Crippen molar-refractivity contribution < 1.29 is 4.74 Å². The van der Waals surface area contributed by atoms with E-state index in [4.69, 9.17) is 4.74 Å². The third-order valence-corrected chi connectivity index (χ3v) is 5.48. The van der Waals surface area contributed by atoms with Crippen molar-refractivity contribution in [1.29, 1.82) is 0 Å². The van der Waals surface area contributed by atoms with Crippen molar-refractivity contribution in [3.8, 4) is 28.1 Å². The molecule has 0 spiro atoms. The van der Waals surface area contributed by atoms with Crippen LogP contribution in [0, 0.1) is 6.92 Å². The fourth-order valence-corrected chi connectivity index (χ4v) is 4.32. The Kier molecular flexibility index (Phi) is 3.64. The minimum atomic E-state index is -0.114. The predicted molar refractivity (Wildman–Crippen MR) is 110 cm³/mol. The van der Waals surface area contributed by atoms with Crippen LogP contribution >= 0.6 is 0 Å². The van der Waals surface area contributed by atoms with Gasteiger partial charge in [-0.1, -0.05) is 78.9 Å². The zero-order valence-electron chi connectivity index (χ0n) is 15.5. The number of ether oxygens (including phenoxy) is 1. The van der Waals surface area contributed by atoms with Gasteiger partial charge in [0, 0.05) is 18.2 Å². The molecule has 0 radical (unpaired) electrons. The van der Waals surface area contributed by atoms with E-state index in [1.165, 1.54) is 39.2 Å². The molecule has 27 heavy (non-hydrogen) atoms. The highest BCUT2D eigenvalue weighted by Gasteiger charge is 2.33. The highest BCUT2D eigenvalue weighted by Crippen LogP contribution is 2.49. The Labute approximate surface area is 159 Å². The molecular formula is C25H21NO. The first kappa shape index (κ1) is 16.0. The molecule has 1 aliphatic rings. The molecule has 0 fully saturated rings. The maximum Gasteiger partial charge on any atom is 0.164 e. The average Bonchev–Trinajstić information content (AvgIpc) is 3.00. The lowest BCUT2D eigenvalue weighted by atomic mass is 9.92. The number of rotatable bonds is 2. The van der Waals surface area contributed by atoms with Gasteiger partial charge in [-0.2, -0.15) is 0 Å². The van der Waals surface area contributed by atoms with Crippen LogP contribution in [0.5, 0.6) is 5.75 Å². The van der Waals surface area contributed by atoms with E-state index < -0.39 is 0 Å². The van der Waals surface area contributed by atoms with E-state index in [1.807, 2.05) is 12.1 Å². The third-order valence-electron chi connectivity index (χ3n) is 5.48. The second-order valence-electron chi connectivity index (χ2n) is 7.06. The Morgan fingerprint density at radius 2 is 1.41 bits per heavy atom. The SMILES string of the molecule is Cc1c2c(n(C)c1-c1ccccc1)C(c1ccccc1)Oc1ccccc1-2. The molecule has 1 aromatic heterocycles. The molecule has 132 valence electrons. The van der Waals surface area contributed by atoms with Crippen LogP contribution in [-0.2, 0) is 7.05 Å². The van der Waals surface area contributed by atoms with Crippen molar-refractivity contribution in [2.75, 3.05) is 0 Å². The molecule has 0 amide bonds. The third kappa shape index (κ3) is 2.41. The zero-order valence-corrected chi connectivity index (χ0v) is 15.5.